The minimum absolute atomic E-state index is 0.0869. The number of esters is 1. The molecule has 184 valence electrons. The van der Waals surface area contributed by atoms with Crippen LogP contribution < -0.4 is 9.64 Å². The second kappa shape index (κ2) is 10.5. The highest BCUT2D eigenvalue weighted by Crippen LogP contribution is 2.39. The Morgan fingerprint density at radius 3 is 2.82 bits per heavy atom. The average molecular weight is 485 g/mol. The van der Waals surface area contributed by atoms with Gasteiger partial charge in [-0.3, -0.25) is 9.69 Å². The first-order chi connectivity index (χ1) is 16.3. The highest BCUT2D eigenvalue weighted by atomic mass is 32.1. The molecule has 34 heavy (non-hydrogen) atoms. The fourth-order valence-electron chi connectivity index (χ4n) is 5.13. The summed E-state index contributed by atoms with van der Waals surface area (Å²) < 4.78 is 11.8. The van der Waals surface area contributed by atoms with E-state index in [2.05, 4.69) is 27.7 Å². The van der Waals surface area contributed by atoms with Gasteiger partial charge in [-0.25, -0.2) is 9.78 Å². The van der Waals surface area contributed by atoms with E-state index in [9.17, 15) is 9.59 Å². The largest absolute Gasteiger partial charge is 0.482 e. The third-order valence-electron chi connectivity index (χ3n) is 7.11. The molecule has 4 rings (SSSR count). The highest BCUT2D eigenvalue weighted by molar-refractivity contribution is 7.09. The normalized spacial score (nSPS) is 23.4. The summed E-state index contributed by atoms with van der Waals surface area (Å²) in [6, 6.07) is 4.98. The van der Waals surface area contributed by atoms with Gasteiger partial charge in [0.25, 0.3) is 5.91 Å². The lowest BCUT2D eigenvalue weighted by atomic mass is 9.75. The molecule has 4 unspecified atom stereocenters. The number of anilines is 1. The van der Waals surface area contributed by atoms with Gasteiger partial charge in [0.1, 0.15) is 17.9 Å². The fraction of sp³-hybridized carbons (Fsp3) is 0.593. The molecule has 1 fully saturated rings. The Labute approximate surface area is 206 Å². The molecular weight excluding hydrogens is 448 g/mol. The third kappa shape index (κ3) is 5.14. The maximum Gasteiger partial charge on any atom is 0.329 e. The quantitative estimate of drug-likeness (QED) is 0.459. The second-order valence-electron chi connectivity index (χ2n) is 10.1. The summed E-state index contributed by atoms with van der Waals surface area (Å²) in [6.45, 7) is 10.4. The Balaban J connectivity index is 1.57. The van der Waals surface area contributed by atoms with Gasteiger partial charge < -0.3 is 9.47 Å². The first-order valence-corrected chi connectivity index (χ1v) is 13.4. The summed E-state index contributed by atoms with van der Waals surface area (Å²) in [4.78, 5) is 32.5. The van der Waals surface area contributed by atoms with E-state index in [4.69, 9.17) is 14.5 Å². The van der Waals surface area contributed by atoms with Crippen molar-refractivity contribution in [1.82, 2.24) is 4.98 Å². The van der Waals surface area contributed by atoms with Gasteiger partial charge in [0.05, 0.1) is 16.4 Å². The van der Waals surface area contributed by atoms with E-state index in [1.807, 2.05) is 23.6 Å². The first kappa shape index (κ1) is 24.7. The van der Waals surface area contributed by atoms with Crippen LogP contribution >= 0.6 is 11.3 Å². The monoisotopic (exact) mass is 484 g/mol. The van der Waals surface area contributed by atoms with Gasteiger partial charge >= 0.3 is 5.97 Å². The van der Waals surface area contributed by atoms with E-state index < -0.39 is 6.04 Å². The molecule has 1 aliphatic heterocycles. The molecule has 1 aliphatic carbocycles. The van der Waals surface area contributed by atoms with Crippen molar-refractivity contribution < 1.29 is 19.1 Å². The van der Waals surface area contributed by atoms with Crippen LogP contribution in [0.15, 0.2) is 23.6 Å². The van der Waals surface area contributed by atoms with Crippen LogP contribution in [0.1, 0.15) is 65.3 Å². The van der Waals surface area contributed by atoms with E-state index in [0.717, 1.165) is 41.9 Å². The molecule has 1 amide bonds. The van der Waals surface area contributed by atoms with Crippen LogP contribution in [-0.2, 0) is 20.7 Å². The van der Waals surface area contributed by atoms with Crippen LogP contribution in [0.4, 0.5) is 5.69 Å². The predicted molar refractivity (Wildman–Crippen MR) is 135 cm³/mol. The molecule has 0 bridgehead atoms. The molecule has 6 nitrogen and oxygen atoms in total. The van der Waals surface area contributed by atoms with E-state index in [1.54, 1.807) is 23.2 Å². The van der Waals surface area contributed by atoms with Gasteiger partial charge in [0.2, 0.25) is 0 Å². The number of amides is 1. The van der Waals surface area contributed by atoms with Crippen molar-refractivity contribution in [3.63, 3.8) is 0 Å². The molecule has 0 N–H and O–H groups in total. The Morgan fingerprint density at radius 1 is 1.29 bits per heavy atom. The van der Waals surface area contributed by atoms with Crippen molar-refractivity contribution in [3.8, 4) is 17.0 Å². The Kier molecular flexibility index (Phi) is 7.60. The van der Waals surface area contributed by atoms with Crippen LogP contribution in [0.2, 0.25) is 0 Å². The number of thiazole rings is 1. The lowest BCUT2D eigenvalue weighted by Gasteiger charge is -2.38. The number of hydrogen-bond donors (Lipinski definition) is 0. The number of aromatic nitrogens is 1. The number of benzene rings is 1. The van der Waals surface area contributed by atoms with Crippen LogP contribution in [0.3, 0.4) is 0 Å². The van der Waals surface area contributed by atoms with Crippen molar-refractivity contribution in [2.24, 2.45) is 17.8 Å². The number of carbonyl (C=O) groups is 2. The molecule has 1 aromatic carbocycles. The fourth-order valence-corrected chi connectivity index (χ4v) is 6.04. The molecule has 1 aromatic heterocycles. The number of nitrogens with zero attached hydrogens (tertiary/aromatic N) is 2. The molecule has 2 aromatic rings. The van der Waals surface area contributed by atoms with Crippen molar-refractivity contribution in [1.29, 1.82) is 0 Å². The average Bonchev–Trinajstić information content (AvgIpc) is 3.27. The Morgan fingerprint density at radius 2 is 2.09 bits per heavy atom. The number of fused-ring (bicyclic) bond motifs is 1. The summed E-state index contributed by atoms with van der Waals surface area (Å²) in [5.74, 6) is 1.34. The van der Waals surface area contributed by atoms with Crippen molar-refractivity contribution >= 4 is 28.9 Å². The van der Waals surface area contributed by atoms with E-state index in [1.165, 1.54) is 6.42 Å². The summed E-state index contributed by atoms with van der Waals surface area (Å²) in [7, 11) is 0. The number of aryl methyl sites for hydroxylation is 1. The van der Waals surface area contributed by atoms with E-state index >= 15 is 0 Å². The molecule has 1 saturated carbocycles. The highest BCUT2D eigenvalue weighted by Gasteiger charge is 2.38. The van der Waals surface area contributed by atoms with Gasteiger partial charge in [0, 0.05) is 10.9 Å². The lowest BCUT2D eigenvalue weighted by Crippen LogP contribution is -2.50. The van der Waals surface area contributed by atoms with Gasteiger partial charge in [-0.05, 0) is 68.6 Å². The van der Waals surface area contributed by atoms with Crippen LogP contribution in [-0.4, -0.2) is 35.6 Å². The number of carbonyl (C=O) groups excluding carboxylic acids is 2. The van der Waals surface area contributed by atoms with Gasteiger partial charge in [-0.1, -0.05) is 34.1 Å². The third-order valence-corrected chi connectivity index (χ3v) is 8.02. The SMILES string of the molecule is CCCc1nc(-c2ccc3c(c2)N(C(C)C(=O)OC2CC(C)CCC2C(C)C)C(=O)CO3)cs1. The standard InChI is InChI=1S/C27H36N2O4S/c1-6-7-25-28-21(15-34-25)19-9-11-23-22(13-19)29(26(30)14-32-23)18(5)27(31)33-24-12-17(4)8-10-20(24)16(2)3/h9,11,13,15-18,20,24H,6-8,10,12,14H2,1-5H3. The first-order valence-electron chi connectivity index (χ1n) is 12.5. The lowest BCUT2D eigenvalue weighted by molar-refractivity contribution is -0.158. The zero-order valence-electron chi connectivity index (χ0n) is 20.9. The summed E-state index contributed by atoms with van der Waals surface area (Å²) in [5.41, 5.74) is 2.38. The van der Waals surface area contributed by atoms with Crippen molar-refractivity contribution in [2.75, 3.05) is 11.5 Å². The van der Waals surface area contributed by atoms with Crippen molar-refractivity contribution in [2.45, 2.75) is 78.9 Å². The topological polar surface area (TPSA) is 68.7 Å². The minimum Gasteiger partial charge on any atom is -0.482 e. The van der Waals surface area contributed by atoms with Crippen molar-refractivity contribution in [3.05, 3.63) is 28.6 Å². The number of hydrogen-bond acceptors (Lipinski definition) is 6. The molecular formula is C27H36N2O4S. The summed E-state index contributed by atoms with van der Waals surface area (Å²) >= 11 is 1.64. The maximum atomic E-state index is 13.3. The second-order valence-corrected chi connectivity index (χ2v) is 11.0. The molecule has 2 heterocycles. The summed E-state index contributed by atoms with van der Waals surface area (Å²) in [6.07, 6.45) is 5.01. The molecule has 2 aliphatic rings. The molecule has 7 heteroatoms. The van der Waals surface area contributed by atoms with E-state index in [0.29, 0.717) is 29.2 Å². The predicted octanol–water partition coefficient (Wildman–Crippen LogP) is 5.88. The Bertz CT molecular complexity index is 1030. The van der Waals surface area contributed by atoms with Crippen LogP contribution in [0.25, 0.3) is 11.3 Å². The van der Waals surface area contributed by atoms with Gasteiger partial charge in [-0.15, -0.1) is 11.3 Å². The molecule has 0 radical (unpaired) electrons. The number of ether oxygens (including phenoxy) is 2. The van der Waals surface area contributed by atoms with Gasteiger partial charge in [-0.2, -0.15) is 0 Å². The molecule has 0 spiro atoms. The van der Waals surface area contributed by atoms with Crippen LogP contribution in [0, 0.1) is 17.8 Å². The molecule has 0 saturated heterocycles. The van der Waals surface area contributed by atoms with Gasteiger partial charge in [0.15, 0.2) is 6.61 Å². The minimum atomic E-state index is -0.735. The maximum absolute atomic E-state index is 13.3. The Hall–Kier alpha value is -2.41. The zero-order valence-corrected chi connectivity index (χ0v) is 21.7. The molecule has 4 atom stereocenters. The van der Waals surface area contributed by atoms with E-state index in [-0.39, 0.29) is 24.6 Å². The number of rotatable bonds is 7. The summed E-state index contributed by atoms with van der Waals surface area (Å²) in [5, 5.41) is 3.13. The smallest absolute Gasteiger partial charge is 0.329 e. The van der Waals surface area contributed by atoms with Crippen LogP contribution in [0.5, 0.6) is 5.75 Å². The zero-order chi connectivity index (χ0) is 24.4.